The zero-order valence-electron chi connectivity index (χ0n) is 5.85. The van der Waals surface area contributed by atoms with Gasteiger partial charge in [0.2, 0.25) is 0 Å². The van der Waals surface area contributed by atoms with Crippen LogP contribution < -0.4 is 5.73 Å². The molecule has 0 aromatic rings. The van der Waals surface area contributed by atoms with E-state index in [0.717, 1.165) is 6.61 Å². The molecule has 2 nitrogen and oxygen atoms in total. The van der Waals surface area contributed by atoms with Gasteiger partial charge in [-0.2, -0.15) is 0 Å². The standard InChI is InChI=1S/C6H15NO/c1-5(4-8-3)6(2)7/h5-6H,4,7H2,1-3H3/t5?,6-/m0/s1. The van der Waals surface area contributed by atoms with Crippen molar-refractivity contribution in [1.29, 1.82) is 0 Å². The number of hydrogen-bond acceptors (Lipinski definition) is 2. The van der Waals surface area contributed by atoms with Gasteiger partial charge < -0.3 is 10.5 Å². The molecule has 0 amide bonds. The van der Waals surface area contributed by atoms with Crippen LogP contribution in [0.3, 0.4) is 0 Å². The van der Waals surface area contributed by atoms with E-state index in [9.17, 15) is 0 Å². The molecule has 2 heteroatoms. The molecule has 0 spiro atoms. The fraction of sp³-hybridized carbons (Fsp3) is 1.00. The first-order valence-electron chi connectivity index (χ1n) is 2.93. The van der Waals surface area contributed by atoms with E-state index in [1.54, 1.807) is 7.11 Å². The van der Waals surface area contributed by atoms with Crippen LogP contribution in [0.1, 0.15) is 13.8 Å². The largest absolute Gasteiger partial charge is 0.384 e. The molecule has 1 unspecified atom stereocenters. The maximum Gasteiger partial charge on any atom is 0.0502 e. The summed E-state index contributed by atoms with van der Waals surface area (Å²) in [4.78, 5) is 0. The Morgan fingerprint density at radius 3 is 2.12 bits per heavy atom. The number of nitrogens with two attached hydrogens (primary N) is 1. The van der Waals surface area contributed by atoms with Crippen molar-refractivity contribution in [3.8, 4) is 0 Å². The van der Waals surface area contributed by atoms with E-state index >= 15 is 0 Å². The van der Waals surface area contributed by atoms with E-state index in [2.05, 4.69) is 6.92 Å². The van der Waals surface area contributed by atoms with E-state index in [-0.39, 0.29) is 6.04 Å². The van der Waals surface area contributed by atoms with Crippen LogP contribution in [0.15, 0.2) is 0 Å². The minimum absolute atomic E-state index is 0.245. The second-order valence-electron chi connectivity index (χ2n) is 2.29. The highest BCUT2D eigenvalue weighted by Gasteiger charge is 2.04. The molecule has 0 aromatic heterocycles. The summed E-state index contributed by atoms with van der Waals surface area (Å²) in [7, 11) is 1.69. The SMILES string of the molecule is COCC(C)[C@H](C)N. The van der Waals surface area contributed by atoms with Crippen LogP contribution in [0.5, 0.6) is 0 Å². The second-order valence-corrected chi connectivity index (χ2v) is 2.29. The molecule has 0 aliphatic heterocycles. The van der Waals surface area contributed by atoms with Gasteiger partial charge in [0.05, 0.1) is 6.61 Å². The number of rotatable bonds is 3. The van der Waals surface area contributed by atoms with Gasteiger partial charge in [0, 0.05) is 13.2 Å². The Bertz CT molecular complexity index is 54.5. The lowest BCUT2D eigenvalue weighted by Gasteiger charge is -2.12. The Morgan fingerprint density at radius 1 is 1.50 bits per heavy atom. The Hall–Kier alpha value is -0.0800. The molecule has 2 atom stereocenters. The van der Waals surface area contributed by atoms with Crippen LogP contribution in [0.2, 0.25) is 0 Å². The zero-order valence-corrected chi connectivity index (χ0v) is 5.85. The average Bonchev–Trinajstić information content (AvgIpc) is 1.67. The van der Waals surface area contributed by atoms with Crippen molar-refractivity contribution in [1.82, 2.24) is 0 Å². The molecule has 2 N–H and O–H groups in total. The molecule has 0 aromatic carbocycles. The van der Waals surface area contributed by atoms with Gasteiger partial charge in [-0.05, 0) is 12.8 Å². The van der Waals surface area contributed by atoms with Crippen molar-refractivity contribution < 1.29 is 4.74 Å². The first kappa shape index (κ1) is 7.92. The molecule has 0 heterocycles. The van der Waals surface area contributed by atoms with Crippen LogP contribution in [0, 0.1) is 5.92 Å². The van der Waals surface area contributed by atoms with Crippen molar-refractivity contribution in [3.63, 3.8) is 0 Å². The van der Waals surface area contributed by atoms with Gasteiger partial charge in [-0.3, -0.25) is 0 Å². The molecule has 0 saturated carbocycles. The van der Waals surface area contributed by atoms with Gasteiger partial charge in [0.15, 0.2) is 0 Å². The molecular formula is C6H15NO. The summed E-state index contributed by atoms with van der Waals surface area (Å²) in [5, 5.41) is 0. The molecule has 8 heavy (non-hydrogen) atoms. The lowest BCUT2D eigenvalue weighted by atomic mass is 10.1. The molecule has 0 rings (SSSR count). The first-order chi connectivity index (χ1) is 3.68. The molecule has 0 bridgehead atoms. The second kappa shape index (κ2) is 3.87. The number of ether oxygens (including phenoxy) is 1. The van der Waals surface area contributed by atoms with Crippen LogP contribution in [0.25, 0.3) is 0 Å². The van der Waals surface area contributed by atoms with E-state index in [4.69, 9.17) is 10.5 Å². The smallest absolute Gasteiger partial charge is 0.0502 e. The van der Waals surface area contributed by atoms with E-state index in [1.807, 2.05) is 6.92 Å². The molecule has 50 valence electrons. The van der Waals surface area contributed by atoms with Gasteiger partial charge in [-0.1, -0.05) is 6.92 Å². The zero-order chi connectivity index (χ0) is 6.57. The lowest BCUT2D eigenvalue weighted by molar-refractivity contribution is 0.150. The summed E-state index contributed by atoms with van der Waals surface area (Å²) < 4.78 is 4.88. The Balaban J connectivity index is 3.17. The normalized spacial score (nSPS) is 18.0. The summed E-state index contributed by atoms with van der Waals surface area (Å²) in [6.07, 6.45) is 0. The van der Waals surface area contributed by atoms with Gasteiger partial charge in [-0.25, -0.2) is 0 Å². The van der Waals surface area contributed by atoms with Gasteiger partial charge in [0.25, 0.3) is 0 Å². The van der Waals surface area contributed by atoms with Crippen molar-refractivity contribution >= 4 is 0 Å². The number of methoxy groups -OCH3 is 1. The molecule has 0 radical (unpaired) electrons. The predicted molar refractivity (Wildman–Crippen MR) is 34.7 cm³/mol. The molecular weight excluding hydrogens is 102 g/mol. The van der Waals surface area contributed by atoms with Crippen LogP contribution in [-0.4, -0.2) is 19.8 Å². The monoisotopic (exact) mass is 117 g/mol. The molecule has 0 aliphatic rings. The molecule has 0 fully saturated rings. The highest BCUT2D eigenvalue weighted by Crippen LogP contribution is 1.97. The summed E-state index contributed by atoms with van der Waals surface area (Å²) >= 11 is 0. The van der Waals surface area contributed by atoms with Crippen molar-refractivity contribution in [2.75, 3.05) is 13.7 Å². The molecule has 0 saturated heterocycles. The average molecular weight is 117 g/mol. The maximum atomic E-state index is 5.54. The van der Waals surface area contributed by atoms with Crippen molar-refractivity contribution in [2.45, 2.75) is 19.9 Å². The quantitative estimate of drug-likeness (QED) is 0.588. The highest BCUT2D eigenvalue weighted by molar-refractivity contribution is 4.61. The van der Waals surface area contributed by atoms with E-state index in [0.29, 0.717) is 5.92 Å². The summed E-state index contributed by atoms with van der Waals surface area (Å²) in [6, 6.07) is 0.245. The lowest BCUT2D eigenvalue weighted by Crippen LogP contribution is -2.27. The third-order valence-corrected chi connectivity index (χ3v) is 1.33. The topological polar surface area (TPSA) is 35.2 Å². The summed E-state index contributed by atoms with van der Waals surface area (Å²) in [5.41, 5.74) is 5.54. The van der Waals surface area contributed by atoms with Crippen LogP contribution in [0.4, 0.5) is 0 Å². The summed E-state index contributed by atoms with van der Waals surface area (Å²) in [5.74, 6) is 0.472. The highest BCUT2D eigenvalue weighted by atomic mass is 16.5. The molecule has 0 aliphatic carbocycles. The third-order valence-electron chi connectivity index (χ3n) is 1.33. The van der Waals surface area contributed by atoms with Crippen molar-refractivity contribution in [3.05, 3.63) is 0 Å². The Labute approximate surface area is 51.0 Å². The van der Waals surface area contributed by atoms with E-state index < -0.39 is 0 Å². The first-order valence-corrected chi connectivity index (χ1v) is 2.93. The minimum Gasteiger partial charge on any atom is -0.384 e. The van der Waals surface area contributed by atoms with Gasteiger partial charge in [0.1, 0.15) is 0 Å². The van der Waals surface area contributed by atoms with Gasteiger partial charge in [-0.15, -0.1) is 0 Å². The Morgan fingerprint density at radius 2 is 2.00 bits per heavy atom. The summed E-state index contributed by atoms with van der Waals surface area (Å²) in [6.45, 7) is 4.83. The van der Waals surface area contributed by atoms with Crippen LogP contribution >= 0.6 is 0 Å². The number of hydrogen-bond donors (Lipinski definition) is 1. The van der Waals surface area contributed by atoms with Crippen LogP contribution in [-0.2, 0) is 4.74 Å². The fourth-order valence-electron chi connectivity index (χ4n) is 0.415. The fourth-order valence-corrected chi connectivity index (χ4v) is 0.415. The van der Waals surface area contributed by atoms with Gasteiger partial charge >= 0.3 is 0 Å². The predicted octanol–water partition coefficient (Wildman–Crippen LogP) is 0.616. The minimum atomic E-state index is 0.245. The van der Waals surface area contributed by atoms with E-state index in [1.165, 1.54) is 0 Å². The maximum absolute atomic E-state index is 5.54. The van der Waals surface area contributed by atoms with Crippen molar-refractivity contribution in [2.24, 2.45) is 11.7 Å². The Kier molecular flexibility index (Phi) is 3.83. The third kappa shape index (κ3) is 2.99.